The Morgan fingerprint density at radius 1 is 1.50 bits per heavy atom. The largest absolute Gasteiger partial charge is 0.287 e. The number of benzene rings is 1. The van der Waals surface area contributed by atoms with E-state index in [4.69, 9.17) is 11.6 Å². The van der Waals surface area contributed by atoms with E-state index in [9.17, 15) is 18.5 Å². The number of nitrogens with one attached hydrogen (secondary N) is 1. The molecule has 0 radical (unpaired) electrons. The topological polar surface area (TPSA) is 98.5 Å². The number of nitro groups is 1. The van der Waals surface area contributed by atoms with Gasteiger partial charge >= 0.3 is 0 Å². The molecule has 18 heavy (non-hydrogen) atoms. The molecule has 1 aromatic carbocycles. The predicted octanol–water partition coefficient (Wildman–Crippen LogP) is 1.79. The molecule has 100 valence electrons. The maximum absolute atomic E-state index is 11.7. The van der Waals surface area contributed by atoms with Gasteiger partial charge in [-0.1, -0.05) is 16.5 Å². The van der Waals surface area contributed by atoms with Crippen LogP contribution in [0.5, 0.6) is 0 Å². The molecule has 0 fully saturated rings. The van der Waals surface area contributed by atoms with Gasteiger partial charge in [0.1, 0.15) is 0 Å². The Hall–Kier alpha value is -1.22. The van der Waals surface area contributed by atoms with Gasteiger partial charge in [0.25, 0.3) is 15.7 Å². The molecule has 1 N–H and O–H groups in total. The van der Waals surface area contributed by atoms with Crippen molar-refractivity contribution in [2.75, 3.05) is 6.61 Å². The van der Waals surface area contributed by atoms with Crippen molar-refractivity contribution in [3.63, 3.8) is 0 Å². The summed E-state index contributed by atoms with van der Waals surface area (Å²) in [6.07, 6.45) is 0. The molecular formula is C9H11ClN2O5S. The van der Waals surface area contributed by atoms with Crippen molar-refractivity contribution < 1.29 is 18.2 Å². The van der Waals surface area contributed by atoms with Gasteiger partial charge in [-0.2, -0.15) is 0 Å². The lowest BCUT2D eigenvalue weighted by Crippen LogP contribution is -2.24. The summed E-state index contributed by atoms with van der Waals surface area (Å²) < 4.78 is 23.4. The maximum Gasteiger partial charge on any atom is 0.275 e. The summed E-state index contributed by atoms with van der Waals surface area (Å²) in [6.45, 7) is 3.15. The summed E-state index contributed by atoms with van der Waals surface area (Å²) >= 11 is 5.77. The van der Waals surface area contributed by atoms with Crippen LogP contribution < -0.4 is 4.89 Å². The van der Waals surface area contributed by atoms with Gasteiger partial charge in [-0.05, 0) is 19.9 Å². The Balaban J connectivity index is 3.31. The van der Waals surface area contributed by atoms with Crippen molar-refractivity contribution in [1.29, 1.82) is 0 Å². The first kappa shape index (κ1) is 14.8. The Morgan fingerprint density at radius 3 is 2.61 bits per heavy atom. The van der Waals surface area contributed by atoms with Gasteiger partial charge < -0.3 is 0 Å². The first-order chi connectivity index (χ1) is 8.29. The van der Waals surface area contributed by atoms with Gasteiger partial charge in [-0.25, -0.2) is 8.42 Å². The Bertz CT molecular complexity index is 573. The first-order valence-corrected chi connectivity index (χ1v) is 6.74. The summed E-state index contributed by atoms with van der Waals surface area (Å²) in [5.74, 6) is 0. The zero-order chi connectivity index (χ0) is 13.9. The summed E-state index contributed by atoms with van der Waals surface area (Å²) in [4.78, 5) is 16.2. The van der Waals surface area contributed by atoms with E-state index in [0.29, 0.717) is 0 Å². The smallest absolute Gasteiger partial charge is 0.275 e. The third-order valence-electron chi connectivity index (χ3n) is 2.11. The van der Waals surface area contributed by atoms with E-state index >= 15 is 0 Å². The van der Waals surface area contributed by atoms with Crippen molar-refractivity contribution in [2.45, 2.75) is 18.7 Å². The highest BCUT2D eigenvalue weighted by molar-refractivity contribution is 7.89. The lowest BCUT2D eigenvalue weighted by Gasteiger charge is -2.07. The van der Waals surface area contributed by atoms with Gasteiger partial charge in [0.2, 0.25) is 0 Å². The van der Waals surface area contributed by atoms with E-state index in [-0.39, 0.29) is 27.8 Å². The lowest BCUT2D eigenvalue weighted by atomic mass is 10.2. The summed E-state index contributed by atoms with van der Waals surface area (Å²) in [5.41, 5.74) is -0.156. The van der Waals surface area contributed by atoms with E-state index in [1.54, 1.807) is 6.92 Å². The zero-order valence-corrected chi connectivity index (χ0v) is 11.2. The van der Waals surface area contributed by atoms with Crippen molar-refractivity contribution in [3.05, 3.63) is 32.8 Å². The molecule has 0 aliphatic carbocycles. The lowest BCUT2D eigenvalue weighted by molar-refractivity contribution is -0.385. The van der Waals surface area contributed by atoms with Crippen LogP contribution in [0.15, 0.2) is 17.0 Å². The number of rotatable bonds is 5. The molecule has 0 atom stereocenters. The molecule has 0 unspecified atom stereocenters. The van der Waals surface area contributed by atoms with E-state index in [0.717, 1.165) is 12.1 Å². The number of halogens is 1. The van der Waals surface area contributed by atoms with Gasteiger partial charge in [-0.3, -0.25) is 15.0 Å². The fourth-order valence-electron chi connectivity index (χ4n) is 1.17. The standard InChI is InChI=1S/C9H11ClN2O5S/c1-3-17-11-18(15,16)7-4-8(10)6(2)9(5-7)12(13)14/h4-5,11H,3H2,1-2H3. The van der Waals surface area contributed by atoms with Crippen LogP contribution in [0.2, 0.25) is 5.02 Å². The number of nitrogens with zero attached hydrogens (tertiary/aromatic N) is 1. The average Bonchev–Trinajstić information content (AvgIpc) is 2.29. The second kappa shape index (κ2) is 5.61. The summed E-state index contributed by atoms with van der Waals surface area (Å²) in [6, 6.07) is 2.06. The normalized spacial score (nSPS) is 11.5. The molecule has 0 spiro atoms. The van der Waals surface area contributed by atoms with Crippen LogP contribution in [-0.4, -0.2) is 19.9 Å². The fourth-order valence-corrected chi connectivity index (χ4v) is 2.36. The van der Waals surface area contributed by atoms with Crippen molar-refractivity contribution in [2.24, 2.45) is 0 Å². The van der Waals surface area contributed by atoms with Crippen molar-refractivity contribution in [3.8, 4) is 0 Å². The van der Waals surface area contributed by atoms with Crippen LogP contribution in [0.25, 0.3) is 0 Å². The van der Waals surface area contributed by atoms with Crippen molar-refractivity contribution >= 4 is 27.3 Å². The van der Waals surface area contributed by atoms with Crippen molar-refractivity contribution in [1.82, 2.24) is 4.89 Å². The SMILES string of the molecule is CCONS(=O)(=O)c1cc(Cl)c(C)c([N+](=O)[O-])c1. The molecule has 0 aromatic heterocycles. The highest BCUT2D eigenvalue weighted by Crippen LogP contribution is 2.29. The zero-order valence-electron chi connectivity index (χ0n) is 9.64. The van der Waals surface area contributed by atoms with E-state index in [2.05, 4.69) is 4.84 Å². The number of sulfonamides is 1. The van der Waals surface area contributed by atoms with Crippen LogP contribution >= 0.6 is 11.6 Å². The van der Waals surface area contributed by atoms with Gasteiger partial charge in [0.15, 0.2) is 0 Å². The predicted molar refractivity (Wildman–Crippen MR) is 64.8 cm³/mol. The Labute approximate surface area is 109 Å². The molecule has 0 saturated heterocycles. The molecular weight excluding hydrogens is 284 g/mol. The van der Waals surface area contributed by atoms with Gasteiger partial charge in [0.05, 0.1) is 21.4 Å². The van der Waals surface area contributed by atoms with Gasteiger partial charge in [0, 0.05) is 11.6 Å². The number of hydrogen-bond donors (Lipinski definition) is 1. The molecule has 7 nitrogen and oxygen atoms in total. The highest BCUT2D eigenvalue weighted by Gasteiger charge is 2.22. The third kappa shape index (κ3) is 3.16. The minimum Gasteiger partial charge on any atom is -0.287 e. The molecule has 0 bridgehead atoms. The average molecular weight is 295 g/mol. The van der Waals surface area contributed by atoms with Crippen LogP contribution in [0.3, 0.4) is 0 Å². The molecule has 0 saturated carbocycles. The second-order valence-corrected chi connectivity index (χ2v) is 5.38. The molecule has 0 aliphatic heterocycles. The van der Waals surface area contributed by atoms with Crippen LogP contribution in [0, 0.1) is 17.0 Å². The monoisotopic (exact) mass is 294 g/mol. The maximum atomic E-state index is 11.7. The fraction of sp³-hybridized carbons (Fsp3) is 0.333. The van der Waals surface area contributed by atoms with E-state index in [1.807, 2.05) is 4.89 Å². The number of hydrogen-bond acceptors (Lipinski definition) is 5. The minimum absolute atomic E-state index is 0.000994. The second-order valence-electron chi connectivity index (χ2n) is 3.33. The first-order valence-electron chi connectivity index (χ1n) is 4.87. The molecule has 1 aromatic rings. The highest BCUT2D eigenvalue weighted by atomic mass is 35.5. The molecule has 1 rings (SSSR count). The molecule has 9 heteroatoms. The third-order valence-corrected chi connectivity index (χ3v) is 3.70. The van der Waals surface area contributed by atoms with Gasteiger partial charge in [-0.15, -0.1) is 0 Å². The molecule has 0 amide bonds. The van der Waals surface area contributed by atoms with Crippen LogP contribution in [-0.2, 0) is 14.9 Å². The molecule has 0 heterocycles. The van der Waals surface area contributed by atoms with E-state index in [1.165, 1.54) is 6.92 Å². The quantitative estimate of drug-likeness (QED) is 0.659. The van der Waals surface area contributed by atoms with Crippen LogP contribution in [0.4, 0.5) is 5.69 Å². The summed E-state index contributed by atoms with van der Waals surface area (Å²) in [7, 11) is -3.98. The van der Waals surface area contributed by atoms with E-state index < -0.39 is 14.9 Å². The number of nitro benzene ring substituents is 1. The Morgan fingerprint density at radius 2 is 2.11 bits per heavy atom. The summed E-state index contributed by atoms with van der Waals surface area (Å²) in [5, 5.41) is 10.8. The Kier molecular flexibility index (Phi) is 4.63. The molecule has 0 aliphatic rings. The van der Waals surface area contributed by atoms with Crippen LogP contribution in [0.1, 0.15) is 12.5 Å². The minimum atomic E-state index is -3.98.